The fourth-order valence-electron chi connectivity index (χ4n) is 4.42. The first-order valence-electron chi connectivity index (χ1n) is 10.2. The highest BCUT2D eigenvalue weighted by Crippen LogP contribution is 2.38. The van der Waals surface area contributed by atoms with E-state index < -0.39 is 0 Å². The number of ether oxygens (including phenoxy) is 3. The van der Waals surface area contributed by atoms with Gasteiger partial charge in [0.05, 0.1) is 37.3 Å². The molecule has 1 aromatic carbocycles. The molecule has 0 atom stereocenters. The molecule has 0 N–H and O–H groups in total. The third-order valence-electron chi connectivity index (χ3n) is 6.33. The van der Waals surface area contributed by atoms with Crippen molar-refractivity contribution in [3.63, 3.8) is 0 Å². The zero-order chi connectivity index (χ0) is 20.1. The molecule has 8 heteroatoms. The number of aromatic nitrogens is 2. The average molecular weight is 450 g/mol. The van der Waals surface area contributed by atoms with Crippen molar-refractivity contribution in [1.29, 1.82) is 0 Å². The molecule has 0 bridgehead atoms. The van der Waals surface area contributed by atoms with Crippen LogP contribution < -0.4 is 4.74 Å². The van der Waals surface area contributed by atoms with Crippen molar-refractivity contribution in [3.05, 3.63) is 41.5 Å². The lowest BCUT2D eigenvalue weighted by atomic mass is 9.93. The van der Waals surface area contributed by atoms with Crippen molar-refractivity contribution in [2.45, 2.75) is 38.0 Å². The van der Waals surface area contributed by atoms with Gasteiger partial charge in [0.25, 0.3) is 0 Å². The van der Waals surface area contributed by atoms with E-state index in [1.54, 1.807) is 18.4 Å². The molecular weight excluding hydrogens is 422 g/mol. The van der Waals surface area contributed by atoms with Gasteiger partial charge in [-0.1, -0.05) is 12.1 Å². The van der Waals surface area contributed by atoms with Crippen LogP contribution in [0.15, 0.2) is 35.8 Å². The van der Waals surface area contributed by atoms with Gasteiger partial charge < -0.3 is 14.2 Å². The molecule has 2 aliphatic rings. The van der Waals surface area contributed by atoms with E-state index in [1.165, 1.54) is 0 Å². The molecule has 162 valence electrons. The minimum atomic E-state index is -0.347. The molecule has 3 aromatic rings. The third kappa shape index (κ3) is 3.63. The zero-order valence-electron chi connectivity index (χ0n) is 17.6. The summed E-state index contributed by atoms with van der Waals surface area (Å²) in [5, 5.41) is 2.16. The van der Waals surface area contributed by atoms with Crippen LogP contribution in [0.1, 0.15) is 32.4 Å². The summed E-state index contributed by atoms with van der Waals surface area (Å²) in [5.41, 5.74) is 3.21. The number of hydrogen-bond acceptors (Lipinski definition) is 6. The van der Waals surface area contributed by atoms with E-state index in [4.69, 9.17) is 19.2 Å². The zero-order valence-corrected chi connectivity index (χ0v) is 19.2. The molecule has 0 aliphatic carbocycles. The molecule has 1 spiro atoms. The predicted octanol–water partition coefficient (Wildman–Crippen LogP) is 4.57. The van der Waals surface area contributed by atoms with E-state index >= 15 is 0 Å². The number of imidazole rings is 1. The van der Waals surface area contributed by atoms with E-state index in [2.05, 4.69) is 46.9 Å². The van der Waals surface area contributed by atoms with Crippen LogP contribution in [0, 0.1) is 0 Å². The molecule has 2 aromatic heterocycles. The summed E-state index contributed by atoms with van der Waals surface area (Å²) >= 11 is 1.67. The molecule has 2 fully saturated rings. The lowest BCUT2D eigenvalue weighted by molar-refractivity contribution is -0.192. The number of nitrogens with zero attached hydrogens (tertiary/aromatic N) is 3. The Labute approximate surface area is 187 Å². The normalized spacial score (nSPS) is 19.3. The topological polar surface area (TPSA) is 48.2 Å². The van der Waals surface area contributed by atoms with Crippen LogP contribution in [0.2, 0.25) is 0 Å². The third-order valence-corrected chi connectivity index (χ3v) is 7.17. The van der Waals surface area contributed by atoms with Crippen LogP contribution in [-0.2, 0) is 15.0 Å². The second kappa shape index (κ2) is 8.13. The maximum absolute atomic E-state index is 5.89. The van der Waals surface area contributed by atoms with E-state index in [0.717, 1.165) is 53.6 Å². The standard InChI is InChI=1S/C22H27N3O3S.ClH/c1-21(2,24-9-7-22(8-10-24)27-11-12-28-22)19-14-25-18(15-29-20(25)23-19)16-5-4-6-17(13-16)26-3;/h4-6,13-15H,7-12H2,1-3H3;1H. The van der Waals surface area contributed by atoms with Crippen molar-refractivity contribution in [2.75, 3.05) is 33.4 Å². The van der Waals surface area contributed by atoms with Crippen molar-refractivity contribution < 1.29 is 14.2 Å². The van der Waals surface area contributed by atoms with Crippen LogP contribution in [-0.4, -0.2) is 53.5 Å². The van der Waals surface area contributed by atoms with Gasteiger partial charge in [-0.15, -0.1) is 23.7 Å². The van der Waals surface area contributed by atoms with E-state index in [1.807, 2.05) is 12.1 Å². The second-order valence-corrected chi connectivity index (χ2v) is 9.12. The summed E-state index contributed by atoms with van der Waals surface area (Å²) in [6, 6.07) is 8.17. The minimum Gasteiger partial charge on any atom is -0.497 e. The van der Waals surface area contributed by atoms with E-state index in [-0.39, 0.29) is 23.7 Å². The summed E-state index contributed by atoms with van der Waals surface area (Å²) in [4.78, 5) is 8.50. The van der Waals surface area contributed by atoms with Gasteiger partial charge in [-0.05, 0) is 26.0 Å². The quantitative estimate of drug-likeness (QED) is 0.584. The minimum absolute atomic E-state index is 0. The first-order valence-corrected chi connectivity index (χ1v) is 11.0. The average Bonchev–Trinajstić information content (AvgIpc) is 3.45. The van der Waals surface area contributed by atoms with Crippen molar-refractivity contribution in [2.24, 2.45) is 0 Å². The van der Waals surface area contributed by atoms with Crippen LogP contribution in [0.4, 0.5) is 0 Å². The van der Waals surface area contributed by atoms with Gasteiger partial charge in [0.15, 0.2) is 10.7 Å². The molecule has 2 aliphatic heterocycles. The van der Waals surface area contributed by atoms with Crippen molar-refractivity contribution in [3.8, 4) is 17.0 Å². The second-order valence-electron chi connectivity index (χ2n) is 8.29. The van der Waals surface area contributed by atoms with E-state index in [0.29, 0.717) is 13.2 Å². The summed E-state index contributed by atoms with van der Waals surface area (Å²) in [5.74, 6) is 0.516. The molecule has 6 nitrogen and oxygen atoms in total. The SMILES string of the molecule is COc1cccc(-c2csc3nc(C(C)(C)N4CCC5(CC4)OCCO5)cn23)c1.Cl. The Kier molecular flexibility index (Phi) is 5.85. The van der Waals surface area contributed by atoms with Crippen LogP contribution in [0.25, 0.3) is 16.2 Å². The molecule has 5 rings (SSSR count). The lowest BCUT2D eigenvalue weighted by Gasteiger charge is -2.44. The van der Waals surface area contributed by atoms with Gasteiger partial charge in [0, 0.05) is 43.1 Å². The highest BCUT2D eigenvalue weighted by Gasteiger charge is 2.43. The molecule has 4 heterocycles. The van der Waals surface area contributed by atoms with Crippen LogP contribution in [0.5, 0.6) is 5.75 Å². The summed E-state index contributed by atoms with van der Waals surface area (Å²) in [6.07, 6.45) is 4.01. The van der Waals surface area contributed by atoms with Crippen LogP contribution in [0.3, 0.4) is 0 Å². The largest absolute Gasteiger partial charge is 0.497 e. The van der Waals surface area contributed by atoms with Crippen molar-refractivity contribution in [1.82, 2.24) is 14.3 Å². The smallest absolute Gasteiger partial charge is 0.194 e. The number of rotatable bonds is 4. The number of piperidine rings is 1. The number of fused-ring (bicyclic) bond motifs is 1. The lowest BCUT2D eigenvalue weighted by Crippen LogP contribution is -2.51. The molecule has 0 saturated carbocycles. The first kappa shape index (κ1) is 21.6. The van der Waals surface area contributed by atoms with Gasteiger partial charge in [0.2, 0.25) is 0 Å². The van der Waals surface area contributed by atoms with Gasteiger partial charge in [-0.2, -0.15) is 0 Å². The highest BCUT2D eigenvalue weighted by molar-refractivity contribution is 7.15. The Bertz CT molecular complexity index is 1020. The maximum Gasteiger partial charge on any atom is 0.194 e. The summed E-state index contributed by atoms with van der Waals surface area (Å²) < 4.78 is 19.4. The van der Waals surface area contributed by atoms with Gasteiger partial charge >= 0.3 is 0 Å². The number of benzene rings is 1. The summed E-state index contributed by atoms with van der Waals surface area (Å²) in [6.45, 7) is 7.85. The highest BCUT2D eigenvalue weighted by atomic mass is 35.5. The summed E-state index contributed by atoms with van der Waals surface area (Å²) in [7, 11) is 1.70. The Balaban J connectivity index is 0.00000218. The molecule has 0 amide bonds. The first-order chi connectivity index (χ1) is 14.0. The number of methoxy groups -OCH3 is 1. The number of likely N-dealkylation sites (tertiary alicyclic amines) is 1. The Morgan fingerprint density at radius 2 is 1.90 bits per heavy atom. The monoisotopic (exact) mass is 449 g/mol. The fourth-order valence-corrected chi connectivity index (χ4v) is 5.31. The Morgan fingerprint density at radius 1 is 1.17 bits per heavy atom. The number of thiazole rings is 1. The van der Waals surface area contributed by atoms with Gasteiger partial charge in [-0.25, -0.2) is 4.98 Å². The fraction of sp³-hybridized carbons (Fsp3) is 0.500. The Morgan fingerprint density at radius 3 is 2.60 bits per heavy atom. The predicted molar refractivity (Wildman–Crippen MR) is 121 cm³/mol. The number of halogens is 1. The Hall–Kier alpha value is -1.64. The van der Waals surface area contributed by atoms with Gasteiger partial charge in [-0.3, -0.25) is 9.30 Å². The van der Waals surface area contributed by atoms with Gasteiger partial charge in [0.1, 0.15) is 5.75 Å². The molecule has 0 unspecified atom stereocenters. The molecular formula is C22H28ClN3O3S. The van der Waals surface area contributed by atoms with E-state index in [9.17, 15) is 0 Å². The molecule has 2 saturated heterocycles. The van der Waals surface area contributed by atoms with Crippen LogP contribution >= 0.6 is 23.7 Å². The van der Waals surface area contributed by atoms with Crippen molar-refractivity contribution >= 4 is 28.7 Å². The molecule has 0 radical (unpaired) electrons. The number of hydrogen-bond donors (Lipinski definition) is 0. The molecule has 30 heavy (non-hydrogen) atoms. The maximum atomic E-state index is 5.89.